The Bertz CT molecular complexity index is 1110. The van der Waals surface area contributed by atoms with E-state index < -0.39 is 31.1 Å². The molecule has 5 N–H and O–H groups in total. The van der Waals surface area contributed by atoms with Crippen LogP contribution >= 0.6 is 0 Å². The topological polar surface area (TPSA) is 166 Å². The number of anilines is 1. The molecule has 4 rings (SSSR count). The van der Waals surface area contributed by atoms with Crippen molar-refractivity contribution in [2.24, 2.45) is 0 Å². The number of carbonyl (C=O) groups excluding carboxylic acids is 1. The van der Waals surface area contributed by atoms with Crippen LogP contribution in [0.25, 0.3) is 11.2 Å². The molecule has 11 heteroatoms. The van der Waals surface area contributed by atoms with Gasteiger partial charge in [-0.2, -0.15) is 0 Å². The number of hydrogen-bond acceptors (Lipinski definition) is 10. The van der Waals surface area contributed by atoms with Gasteiger partial charge in [-0.25, -0.2) is 15.0 Å². The Morgan fingerprint density at radius 1 is 1.26 bits per heavy atom. The molecule has 2 aliphatic rings. The zero-order valence-corrected chi connectivity index (χ0v) is 18.7. The Balaban J connectivity index is 1.42. The van der Waals surface area contributed by atoms with E-state index in [2.05, 4.69) is 32.9 Å². The van der Waals surface area contributed by atoms with E-state index in [4.69, 9.17) is 15.2 Å². The van der Waals surface area contributed by atoms with Gasteiger partial charge in [0.25, 0.3) is 0 Å². The zero-order chi connectivity index (χ0) is 24.1. The van der Waals surface area contributed by atoms with E-state index in [1.165, 1.54) is 17.3 Å². The minimum absolute atomic E-state index is 0.0928. The number of carbonyl (C=O) groups is 1. The first-order valence-electron chi connectivity index (χ1n) is 11.5. The molecule has 0 radical (unpaired) electrons. The van der Waals surface area contributed by atoms with Crippen LogP contribution in [0.4, 0.5) is 5.82 Å². The van der Waals surface area contributed by atoms with Crippen molar-refractivity contribution in [1.82, 2.24) is 19.5 Å². The van der Waals surface area contributed by atoms with Crippen molar-refractivity contribution in [3.05, 3.63) is 24.3 Å². The fraction of sp³-hybridized carbons (Fsp3) is 0.565. The maximum Gasteiger partial charge on any atom is 0.307 e. The Kier molecular flexibility index (Phi) is 7.74. The van der Waals surface area contributed by atoms with Gasteiger partial charge in [-0.05, 0) is 37.7 Å². The molecule has 0 bridgehead atoms. The fourth-order valence-electron chi connectivity index (χ4n) is 4.05. The molecular formula is C23H29N5O6. The van der Waals surface area contributed by atoms with E-state index in [-0.39, 0.29) is 42.2 Å². The van der Waals surface area contributed by atoms with E-state index >= 15 is 0 Å². The van der Waals surface area contributed by atoms with Crippen LogP contribution in [0.15, 0.2) is 18.5 Å². The smallest absolute Gasteiger partial charge is 0.307 e. The lowest BCUT2D eigenvalue weighted by Crippen LogP contribution is -2.33. The average Bonchev–Trinajstić information content (AvgIpc) is 3.34. The van der Waals surface area contributed by atoms with Crippen molar-refractivity contribution in [2.75, 3.05) is 12.3 Å². The molecule has 2 aromatic rings. The number of allylic oxidation sites excluding steroid dienone is 1. The number of fused-ring (bicyclic) bond motifs is 1. The van der Waals surface area contributed by atoms with Gasteiger partial charge >= 0.3 is 5.97 Å². The van der Waals surface area contributed by atoms with Crippen molar-refractivity contribution < 1.29 is 29.6 Å². The number of esters is 1. The third-order valence-corrected chi connectivity index (χ3v) is 5.89. The molecule has 2 unspecified atom stereocenters. The highest BCUT2D eigenvalue weighted by molar-refractivity contribution is 5.82. The monoisotopic (exact) mass is 471 g/mol. The van der Waals surface area contributed by atoms with Gasteiger partial charge in [-0.1, -0.05) is 18.4 Å². The highest BCUT2D eigenvalue weighted by Crippen LogP contribution is 2.31. The van der Waals surface area contributed by atoms with Gasteiger partial charge in [-0.3, -0.25) is 9.36 Å². The molecule has 1 aliphatic heterocycles. The number of ether oxygens (including phenoxy) is 2. The summed E-state index contributed by atoms with van der Waals surface area (Å²) in [5.74, 6) is 5.57. The van der Waals surface area contributed by atoms with Crippen LogP contribution in [0.2, 0.25) is 0 Å². The van der Waals surface area contributed by atoms with E-state index in [1.54, 1.807) is 0 Å². The standard InChI is InChI=1S/C23H29N5O6/c24-21-18-22(28(13-25-18)23-20(32)19(31)15(12-29)34-23)27-16(26-21)10-6-7-11-17(30)33-14-8-4-2-1-3-5-9-14/h4,8,13-15,19-20,23,29,31-32H,1-3,5,7,9,11-12H2,(H2,24,26,27)/b8-4+/t14?,15-,19?,20+,23-/m1/s1. The number of hydrogen-bond donors (Lipinski definition) is 4. The maximum absolute atomic E-state index is 12.2. The van der Waals surface area contributed by atoms with Gasteiger partial charge in [0, 0.05) is 6.42 Å². The average molecular weight is 472 g/mol. The number of imidazole rings is 1. The van der Waals surface area contributed by atoms with Crippen LogP contribution in [0.3, 0.4) is 0 Å². The number of aliphatic hydroxyl groups excluding tert-OH is 3. The minimum atomic E-state index is -1.29. The van der Waals surface area contributed by atoms with Gasteiger partial charge in [0.2, 0.25) is 5.82 Å². The van der Waals surface area contributed by atoms with Crippen LogP contribution in [-0.2, 0) is 14.3 Å². The third-order valence-electron chi connectivity index (χ3n) is 5.89. The molecule has 3 heterocycles. The fourth-order valence-corrected chi connectivity index (χ4v) is 4.05. The summed E-state index contributed by atoms with van der Waals surface area (Å²) in [5, 5.41) is 29.7. The number of nitrogens with two attached hydrogens (primary N) is 1. The molecular weight excluding hydrogens is 442 g/mol. The quantitative estimate of drug-likeness (QED) is 0.275. The number of aromatic nitrogens is 4. The molecule has 182 valence electrons. The number of nitrogens with zero attached hydrogens (tertiary/aromatic N) is 4. The Morgan fingerprint density at radius 2 is 2.12 bits per heavy atom. The third kappa shape index (κ3) is 5.37. The lowest BCUT2D eigenvalue weighted by Gasteiger charge is -2.16. The molecule has 1 aliphatic carbocycles. The van der Waals surface area contributed by atoms with Crippen molar-refractivity contribution in [3.8, 4) is 11.8 Å². The summed E-state index contributed by atoms with van der Waals surface area (Å²) >= 11 is 0. The first-order chi connectivity index (χ1) is 16.5. The SMILES string of the molecule is Nc1nc(C#CCCC(=O)OC2/C=C/CCCCC2)nc2c1ncn2[C@@H]1O[C@H](CO)C(O)[C@@H]1O. The van der Waals surface area contributed by atoms with Crippen molar-refractivity contribution in [3.63, 3.8) is 0 Å². The summed E-state index contributed by atoms with van der Waals surface area (Å²) in [4.78, 5) is 24.8. The largest absolute Gasteiger partial charge is 0.458 e. The van der Waals surface area contributed by atoms with Crippen molar-refractivity contribution in [2.45, 2.75) is 75.6 Å². The van der Waals surface area contributed by atoms with Crippen LogP contribution in [0, 0.1) is 11.8 Å². The summed E-state index contributed by atoms with van der Waals surface area (Å²) in [6.45, 7) is -0.450. The molecule has 5 atom stereocenters. The molecule has 11 nitrogen and oxygen atoms in total. The van der Waals surface area contributed by atoms with Crippen LogP contribution < -0.4 is 5.73 Å². The molecule has 0 aromatic carbocycles. The molecule has 0 saturated carbocycles. The second kappa shape index (κ2) is 10.9. The maximum atomic E-state index is 12.2. The number of nitrogen functional groups attached to an aromatic ring is 1. The predicted molar refractivity (Wildman–Crippen MR) is 121 cm³/mol. The van der Waals surface area contributed by atoms with Gasteiger partial charge in [0.1, 0.15) is 29.9 Å². The summed E-state index contributed by atoms with van der Waals surface area (Å²) in [7, 11) is 0. The summed E-state index contributed by atoms with van der Waals surface area (Å²) in [6.07, 6.45) is 6.35. The van der Waals surface area contributed by atoms with E-state index in [0.717, 1.165) is 25.7 Å². The van der Waals surface area contributed by atoms with Crippen molar-refractivity contribution in [1.29, 1.82) is 0 Å². The number of aliphatic hydroxyl groups is 3. The summed E-state index contributed by atoms with van der Waals surface area (Å²) in [6, 6.07) is 0. The molecule has 34 heavy (non-hydrogen) atoms. The molecule has 0 amide bonds. The lowest BCUT2D eigenvalue weighted by molar-refractivity contribution is -0.147. The van der Waals surface area contributed by atoms with Crippen LogP contribution in [0.1, 0.15) is 57.0 Å². The molecule has 0 spiro atoms. The second-order valence-electron chi connectivity index (χ2n) is 8.38. The van der Waals surface area contributed by atoms with Gasteiger partial charge < -0.3 is 30.5 Å². The Morgan fingerprint density at radius 3 is 2.91 bits per heavy atom. The van der Waals surface area contributed by atoms with Crippen LogP contribution in [0.5, 0.6) is 0 Å². The molecule has 1 fully saturated rings. The van der Waals surface area contributed by atoms with Crippen LogP contribution in [-0.4, -0.2) is 71.8 Å². The second-order valence-corrected chi connectivity index (χ2v) is 8.38. The Hall–Kier alpha value is -3.04. The highest BCUT2D eigenvalue weighted by atomic mass is 16.6. The molecule has 2 aromatic heterocycles. The zero-order valence-electron chi connectivity index (χ0n) is 18.7. The summed E-state index contributed by atoms with van der Waals surface area (Å²) < 4.78 is 12.5. The normalized spacial score (nSPS) is 28.0. The summed E-state index contributed by atoms with van der Waals surface area (Å²) in [5.41, 5.74) is 6.55. The number of rotatable bonds is 5. The van der Waals surface area contributed by atoms with Gasteiger partial charge in [-0.15, -0.1) is 0 Å². The first kappa shape index (κ1) is 24.1. The minimum Gasteiger partial charge on any atom is -0.458 e. The van der Waals surface area contributed by atoms with Gasteiger partial charge in [0.15, 0.2) is 17.7 Å². The van der Waals surface area contributed by atoms with E-state index in [0.29, 0.717) is 5.52 Å². The highest BCUT2D eigenvalue weighted by Gasteiger charge is 2.44. The van der Waals surface area contributed by atoms with E-state index in [1.807, 2.05) is 6.08 Å². The predicted octanol–water partition coefficient (Wildman–Crippen LogP) is 0.584. The lowest BCUT2D eigenvalue weighted by atomic mass is 10.0. The van der Waals surface area contributed by atoms with Crippen molar-refractivity contribution >= 4 is 23.0 Å². The van der Waals surface area contributed by atoms with Gasteiger partial charge in [0.05, 0.1) is 19.4 Å². The molecule has 1 saturated heterocycles. The van der Waals surface area contributed by atoms with E-state index in [9.17, 15) is 20.1 Å². The Labute approximate surface area is 196 Å². The first-order valence-corrected chi connectivity index (χ1v) is 11.5.